The number of carboxylic acids is 1. The second-order valence-corrected chi connectivity index (χ2v) is 4.51. The lowest BCUT2D eigenvalue weighted by Gasteiger charge is -2.13. The van der Waals surface area contributed by atoms with E-state index in [9.17, 15) is 9.90 Å². The van der Waals surface area contributed by atoms with Gasteiger partial charge in [-0.2, -0.15) is 0 Å². The van der Waals surface area contributed by atoms with E-state index < -0.39 is 5.97 Å². The van der Waals surface area contributed by atoms with E-state index in [0.717, 1.165) is 5.69 Å². The van der Waals surface area contributed by atoms with Crippen LogP contribution in [0.25, 0.3) is 0 Å². The van der Waals surface area contributed by atoms with Crippen molar-refractivity contribution >= 4 is 17.6 Å². The van der Waals surface area contributed by atoms with E-state index in [0.29, 0.717) is 0 Å². The summed E-state index contributed by atoms with van der Waals surface area (Å²) in [5.41, 5.74) is 0.759. The molecule has 2 rings (SSSR count). The van der Waals surface area contributed by atoms with Crippen molar-refractivity contribution in [2.75, 3.05) is 7.11 Å². The van der Waals surface area contributed by atoms with Crippen LogP contribution in [0.5, 0.6) is 11.5 Å². The number of hydrogen-bond donors (Lipinski definition) is 1. The lowest BCUT2D eigenvalue weighted by molar-refractivity contribution is 0.0690. The number of nitrogens with zero attached hydrogens (tertiary/aromatic N) is 2. The summed E-state index contributed by atoms with van der Waals surface area (Å²) in [4.78, 5) is 15.2. The highest BCUT2D eigenvalue weighted by Gasteiger charge is 2.18. The summed E-state index contributed by atoms with van der Waals surface area (Å²) < 4.78 is 12.5. The van der Waals surface area contributed by atoms with Crippen molar-refractivity contribution in [3.05, 3.63) is 40.9 Å². The van der Waals surface area contributed by atoms with E-state index >= 15 is 0 Å². The third-order valence-electron chi connectivity index (χ3n) is 2.75. The lowest BCUT2D eigenvalue weighted by Crippen LogP contribution is -2.07. The summed E-state index contributed by atoms with van der Waals surface area (Å²) >= 11 is 5.86. The van der Waals surface area contributed by atoms with Crippen molar-refractivity contribution in [1.29, 1.82) is 0 Å². The Balaban J connectivity index is 2.34. The predicted octanol–water partition coefficient (Wildman–Crippen LogP) is 2.36. The normalized spacial score (nSPS) is 10.3. The third kappa shape index (κ3) is 2.85. The molecule has 0 aliphatic carbocycles. The van der Waals surface area contributed by atoms with Crippen molar-refractivity contribution in [2.45, 2.75) is 6.61 Å². The first-order chi connectivity index (χ1) is 9.52. The van der Waals surface area contributed by atoms with Gasteiger partial charge in [0.05, 0.1) is 25.3 Å². The Morgan fingerprint density at radius 3 is 2.80 bits per heavy atom. The number of halogens is 1. The Morgan fingerprint density at radius 2 is 2.25 bits per heavy atom. The van der Waals surface area contributed by atoms with Crippen LogP contribution in [0.15, 0.2) is 24.7 Å². The number of aromatic carboxylic acids is 1. The standard InChI is InChI=1S/C13H13ClN2O4/c1-16-7-15-5-9(16)6-20-12-10(13(17)18)3-8(14)4-11(12)19-2/h3-5,7H,6H2,1-2H3,(H,17,18). The van der Waals surface area contributed by atoms with E-state index in [2.05, 4.69) is 4.98 Å². The molecule has 0 amide bonds. The average molecular weight is 297 g/mol. The highest BCUT2D eigenvalue weighted by atomic mass is 35.5. The van der Waals surface area contributed by atoms with Crippen LogP contribution in [0, 0.1) is 0 Å². The maximum absolute atomic E-state index is 11.3. The maximum atomic E-state index is 11.3. The number of carboxylic acid groups (broad SMARTS) is 1. The summed E-state index contributed by atoms with van der Waals surface area (Å²) in [7, 11) is 3.25. The van der Waals surface area contributed by atoms with Crippen LogP contribution < -0.4 is 9.47 Å². The second kappa shape index (κ2) is 5.83. The first-order valence-corrected chi connectivity index (χ1v) is 6.09. The largest absolute Gasteiger partial charge is 0.493 e. The van der Waals surface area contributed by atoms with E-state index in [1.807, 2.05) is 7.05 Å². The summed E-state index contributed by atoms with van der Waals surface area (Å²) in [6, 6.07) is 2.83. The second-order valence-electron chi connectivity index (χ2n) is 4.07. The topological polar surface area (TPSA) is 73.6 Å². The Kier molecular flexibility index (Phi) is 4.14. The third-order valence-corrected chi connectivity index (χ3v) is 2.97. The SMILES string of the molecule is COc1cc(Cl)cc(C(=O)O)c1OCc1cncn1C. The van der Waals surface area contributed by atoms with Gasteiger partial charge in [0, 0.05) is 18.1 Å². The van der Waals surface area contributed by atoms with Gasteiger partial charge in [-0.15, -0.1) is 0 Å². The van der Waals surface area contributed by atoms with Crippen molar-refractivity contribution < 1.29 is 19.4 Å². The summed E-state index contributed by atoms with van der Waals surface area (Å²) in [6.07, 6.45) is 3.28. The van der Waals surface area contributed by atoms with Gasteiger partial charge in [0.1, 0.15) is 12.2 Å². The van der Waals surface area contributed by atoms with E-state index in [-0.39, 0.29) is 28.7 Å². The molecule has 7 heteroatoms. The minimum Gasteiger partial charge on any atom is -0.493 e. The fraction of sp³-hybridized carbons (Fsp3) is 0.231. The molecular formula is C13H13ClN2O4. The van der Waals surface area contributed by atoms with Crippen LogP contribution in [0.1, 0.15) is 16.1 Å². The highest BCUT2D eigenvalue weighted by Crippen LogP contribution is 2.35. The predicted molar refractivity (Wildman–Crippen MR) is 72.5 cm³/mol. The molecule has 0 spiro atoms. The van der Waals surface area contributed by atoms with E-state index in [4.69, 9.17) is 21.1 Å². The number of carbonyl (C=O) groups is 1. The number of methoxy groups -OCH3 is 1. The van der Waals surface area contributed by atoms with E-state index in [1.54, 1.807) is 17.1 Å². The Hall–Kier alpha value is -2.21. The molecule has 0 saturated carbocycles. The smallest absolute Gasteiger partial charge is 0.339 e. The molecule has 1 heterocycles. The molecule has 0 aliphatic rings. The maximum Gasteiger partial charge on any atom is 0.339 e. The zero-order chi connectivity index (χ0) is 14.7. The molecule has 106 valence electrons. The molecule has 2 aromatic rings. The highest BCUT2D eigenvalue weighted by molar-refractivity contribution is 6.31. The monoisotopic (exact) mass is 296 g/mol. The molecular weight excluding hydrogens is 284 g/mol. The van der Waals surface area contributed by atoms with Crippen LogP contribution >= 0.6 is 11.6 Å². The van der Waals surface area contributed by atoms with Crippen LogP contribution in [-0.2, 0) is 13.7 Å². The quantitative estimate of drug-likeness (QED) is 0.917. The molecule has 20 heavy (non-hydrogen) atoms. The zero-order valence-corrected chi connectivity index (χ0v) is 11.7. The number of imidazole rings is 1. The minimum atomic E-state index is -1.13. The molecule has 0 bridgehead atoms. The van der Waals surface area contributed by atoms with Crippen molar-refractivity contribution in [1.82, 2.24) is 9.55 Å². The van der Waals surface area contributed by atoms with Crippen molar-refractivity contribution in [3.63, 3.8) is 0 Å². The van der Waals surface area contributed by atoms with Gasteiger partial charge in [-0.05, 0) is 6.07 Å². The molecule has 0 saturated heterocycles. The first kappa shape index (κ1) is 14.2. The summed E-state index contributed by atoms with van der Waals surface area (Å²) in [5, 5.41) is 9.48. The molecule has 0 aliphatic heterocycles. The molecule has 0 radical (unpaired) electrons. The van der Waals surface area contributed by atoms with Gasteiger partial charge in [-0.1, -0.05) is 11.6 Å². The van der Waals surface area contributed by atoms with E-state index in [1.165, 1.54) is 19.2 Å². The molecule has 0 unspecified atom stereocenters. The zero-order valence-electron chi connectivity index (χ0n) is 11.0. The van der Waals surface area contributed by atoms with Gasteiger partial charge in [0.2, 0.25) is 0 Å². The van der Waals surface area contributed by atoms with Gasteiger partial charge in [-0.25, -0.2) is 9.78 Å². The van der Waals surface area contributed by atoms with Crippen LogP contribution in [0.2, 0.25) is 5.02 Å². The molecule has 1 aromatic heterocycles. The molecule has 6 nitrogen and oxygen atoms in total. The number of rotatable bonds is 5. The van der Waals surface area contributed by atoms with Crippen molar-refractivity contribution in [3.8, 4) is 11.5 Å². The van der Waals surface area contributed by atoms with Crippen LogP contribution in [0.3, 0.4) is 0 Å². The Bertz CT molecular complexity index is 639. The number of aryl methyl sites for hydroxylation is 1. The number of hydrogen-bond acceptors (Lipinski definition) is 4. The molecule has 1 aromatic carbocycles. The molecule has 0 atom stereocenters. The summed E-state index contributed by atoms with van der Waals surface area (Å²) in [6.45, 7) is 0.175. The number of aromatic nitrogens is 2. The number of benzene rings is 1. The summed E-state index contributed by atoms with van der Waals surface area (Å²) in [5.74, 6) is -0.714. The van der Waals surface area contributed by atoms with Crippen LogP contribution in [0.4, 0.5) is 0 Å². The Morgan fingerprint density at radius 1 is 1.50 bits per heavy atom. The average Bonchev–Trinajstić information content (AvgIpc) is 2.81. The van der Waals surface area contributed by atoms with Crippen molar-refractivity contribution in [2.24, 2.45) is 7.05 Å². The van der Waals surface area contributed by atoms with Gasteiger partial charge < -0.3 is 19.1 Å². The molecule has 1 N–H and O–H groups in total. The van der Waals surface area contributed by atoms with Gasteiger partial charge >= 0.3 is 5.97 Å². The minimum absolute atomic E-state index is 0.0449. The fourth-order valence-corrected chi connectivity index (χ4v) is 1.91. The van der Waals surface area contributed by atoms with Gasteiger partial charge in [0.15, 0.2) is 11.5 Å². The first-order valence-electron chi connectivity index (χ1n) is 5.71. The molecule has 0 fully saturated rings. The van der Waals surface area contributed by atoms with Crippen LogP contribution in [-0.4, -0.2) is 27.7 Å². The van der Waals surface area contributed by atoms with Gasteiger partial charge in [0.25, 0.3) is 0 Å². The number of ether oxygens (including phenoxy) is 2. The fourth-order valence-electron chi connectivity index (χ4n) is 1.70. The lowest BCUT2D eigenvalue weighted by atomic mass is 10.2. The Labute approximate surface area is 120 Å². The van der Waals surface area contributed by atoms with Gasteiger partial charge in [-0.3, -0.25) is 0 Å².